The zero-order valence-corrected chi connectivity index (χ0v) is 15.5. The standard InChI is InChI=1S/C22H22N2O3/c1-15-8-10-16(11-9-15)20-7-4-12-24(20)22(25)21-14-19(23-27-21)17-5-3-6-18(13-17)26-2/h3,5-6,8-11,13-14,20H,4,7,12H2,1-2H3/t20-/m1/s1. The number of ether oxygens (including phenoxy) is 1. The molecule has 27 heavy (non-hydrogen) atoms. The van der Waals surface area contributed by atoms with E-state index in [1.54, 1.807) is 13.2 Å². The molecule has 1 aliphatic heterocycles. The maximum atomic E-state index is 13.0. The molecule has 1 saturated heterocycles. The number of likely N-dealkylation sites (tertiary alicyclic amines) is 1. The Bertz CT molecular complexity index is 946. The maximum absolute atomic E-state index is 13.0. The fourth-order valence-electron chi connectivity index (χ4n) is 3.58. The average molecular weight is 362 g/mol. The van der Waals surface area contributed by atoms with Gasteiger partial charge in [0.2, 0.25) is 5.76 Å². The summed E-state index contributed by atoms with van der Waals surface area (Å²) in [5.41, 5.74) is 3.86. The topological polar surface area (TPSA) is 55.6 Å². The molecule has 1 aromatic heterocycles. The number of carbonyl (C=O) groups is 1. The fraction of sp³-hybridized carbons (Fsp3) is 0.273. The van der Waals surface area contributed by atoms with Crippen LogP contribution in [-0.4, -0.2) is 29.6 Å². The molecule has 1 fully saturated rings. The van der Waals surface area contributed by atoms with Crippen molar-refractivity contribution in [3.63, 3.8) is 0 Å². The highest BCUT2D eigenvalue weighted by Gasteiger charge is 2.32. The van der Waals surface area contributed by atoms with E-state index in [1.165, 1.54) is 11.1 Å². The van der Waals surface area contributed by atoms with Gasteiger partial charge in [0.1, 0.15) is 11.4 Å². The van der Waals surface area contributed by atoms with Gasteiger partial charge in [0, 0.05) is 18.2 Å². The van der Waals surface area contributed by atoms with Crippen molar-refractivity contribution in [1.82, 2.24) is 10.1 Å². The molecule has 5 heteroatoms. The van der Waals surface area contributed by atoms with Crippen LogP contribution in [0.1, 0.15) is 40.6 Å². The Labute approximate surface area is 158 Å². The summed E-state index contributed by atoms with van der Waals surface area (Å²) in [6.45, 7) is 2.79. The smallest absolute Gasteiger partial charge is 0.292 e. The summed E-state index contributed by atoms with van der Waals surface area (Å²) in [6, 6.07) is 17.7. The molecule has 0 N–H and O–H groups in total. The number of nitrogens with zero attached hydrogens (tertiary/aromatic N) is 2. The molecular formula is C22H22N2O3. The first kappa shape index (κ1) is 17.3. The molecular weight excluding hydrogens is 340 g/mol. The summed E-state index contributed by atoms with van der Waals surface area (Å²) >= 11 is 0. The van der Waals surface area contributed by atoms with E-state index in [-0.39, 0.29) is 17.7 Å². The molecule has 0 radical (unpaired) electrons. The number of rotatable bonds is 4. The van der Waals surface area contributed by atoms with E-state index in [0.717, 1.165) is 30.7 Å². The minimum absolute atomic E-state index is 0.0865. The second kappa shape index (κ2) is 7.27. The lowest BCUT2D eigenvalue weighted by molar-refractivity contribution is 0.0693. The van der Waals surface area contributed by atoms with Crippen molar-refractivity contribution in [1.29, 1.82) is 0 Å². The van der Waals surface area contributed by atoms with Crippen LogP contribution in [0.5, 0.6) is 5.75 Å². The van der Waals surface area contributed by atoms with Gasteiger partial charge in [-0.3, -0.25) is 4.79 Å². The highest BCUT2D eigenvalue weighted by Crippen LogP contribution is 2.34. The molecule has 1 atom stereocenters. The Morgan fingerprint density at radius 3 is 2.78 bits per heavy atom. The van der Waals surface area contributed by atoms with Gasteiger partial charge >= 0.3 is 0 Å². The Hall–Kier alpha value is -3.08. The van der Waals surface area contributed by atoms with Crippen LogP contribution < -0.4 is 4.74 Å². The number of hydrogen-bond donors (Lipinski definition) is 0. The van der Waals surface area contributed by atoms with Crippen molar-refractivity contribution in [2.45, 2.75) is 25.8 Å². The third-order valence-corrected chi connectivity index (χ3v) is 5.06. The normalized spacial score (nSPS) is 16.5. The predicted octanol–water partition coefficient (Wildman–Crippen LogP) is 4.64. The minimum atomic E-state index is -0.111. The van der Waals surface area contributed by atoms with Crippen LogP contribution in [0, 0.1) is 6.92 Å². The van der Waals surface area contributed by atoms with Crippen molar-refractivity contribution >= 4 is 5.91 Å². The van der Waals surface area contributed by atoms with Crippen LogP contribution in [0.15, 0.2) is 59.1 Å². The van der Waals surface area contributed by atoms with Crippen LogP contribution >= 0.6 is 0 Å². The molecule has 1 amide bonds. The summed E-state index contributed by atoms with van der Waals surface area (Å²) in [5.74, 6) is 0.897. The van der Waals surface area contributed by atoms with Crippen LogP contribution in [0.3, 0.4) is 0 Å². The van der Waals surface area contributed by atoms with Gasteiger partial charge in [0.05, 0.1) is 13.2 Å². The summed E-state index contributed by atoms with van der Waals surface area (Å²) in [5, 5.41) is 4.09. The molecule has 0 unspecified atom stereocenters. The van der Waals surface area contributed by atoms with Gasteiger partial charge in [-0.05, 0) is 37.5 Å². The zero-order chi connectivity index (χ0) is 18.8. The quantitative estimate of drug-likeness (QED) is 0.679. The molecule has 5 nitrogen and oxygen atoms in total. The molecule has 138 valence electrons. The third kappa shape index (κ3) is 3.45. The number of aromatic nitrogens is 1. The number of carbonyl (C=O) groups excluding carboxylic acids is 1. The Morgan fingerprint density at radius 1 is 1.19 bits per heavy atom. The molecule has 4 rings (SSSR count). The van der Waals surface area contributed by atoms with E-state index in [9.17, 15) is 4.79 Å². The third-order valence-electron chi connectivity index (χ3n) is 5.06. The molecule has 0 saturated carbocycles. The molecule has 0 spiro atoms. The Morgan fingerprint density at radius 2 is 2.00 bits per heavy atom. The van der Waals surface area contributed by atoms with Crippen molar-refractivity contribution in [3.05, 3.63) is 71.5 Å². The Balaban J connectivity index is 1.57. The first-order valence-electron chi connectivity index (χ1n) is 9.14. The first-order valence-corrected chi connectivity index (χ1v) is 9.14. The largest absolute Gasteiger partial charge is 0.497 e. The van der Waals surface area contributed by atoms with Crippen LogP contribution in [0.2, 0.25) is 0 Å². The van der Waals surface area contributed by atoms with Crippen LogP contribution in [-0.2, 0) is 0 Å². The highest BCUT2D eigenvalue weighted by molar-refractivity contribution is 5.93. The molecule has 3 aromatic rings. The van der Waals surface area contributed by atoms with Crippen molar-refractivity contribution in [2.24, 2.45) is 0 Å². The Kier molecular flexibility index (Phi) is 4.67. The van der Waals surface area contributed by atoms with E-state index in [4.69, 9.17) is 9.26 Å². The van der Waals surface area contributed by atoms with Gasteiger partial charge in [-0.1, -0.05) is 47.1 Å². The van der Waals surface area contributed by atoms with Gasteiger partial charge in [0.15, 0.2) is 0 Å². The van der Waals surface area contributed by atoms with Gasteiger partial charge < -0.3 is 14.2 Å². The van der Waals surface area contributed by atoms with Gasteiger partial charge in [-0.2, -0.15) is 0 Å². The van der Waals surface area contributed by atoms with Crippen molar-refractivity contribution < 1.29 is 14.1 Å². The highest BCUT2D eigenvalue weighted by atomic mass is 16.5. The molecule has 2 aromatic carbocycles. The van der Waals surface area contributed by atoms with E-state index in [2.05, 4.69) is 36.3 Å². The van der Waals surface area contributed by atoms with Crippen LogP contribution in [0.25, 0.3) is 11.3 Å². The lowest BCUT2D eigenvalue weighted by atomic mass is 10.0. The summed E-state index contributed by atoms with van der Waals surface area (Å²) in [4.78, 5) is 14.9. The molecule has 2 heterocycles. The molecule has 0 aliphatic carbocycles. The fourth-order valence-corrected chi connectivity index (χ4v) is 3.58. The summed E-state index contributed by atoms with van der Waals surface area (Å²) in [7, 11) is 1.62. The van der Waals surface area contributed by atoms with E-state index in [1.807, 2.05) is 29.2 Å². The van der Waals surface area contributed by atoms with Gasteiger partial charge in [-0.25, -0.2) is 0 Å². The summed E-state index contributed by atoms with van der Waals surface area (Å²) < 4.78 is 10.6. The SMILES string of the molecule is COc1cccc(-c2cc(C(=O)N3CCC[C@@H]3c3ccc(C)cc3)on2)c1. The number of aryl methyl sites for hydroxylation is 1. The first-order chi connectivity index (χ1) is 13.2. The number of benzene rings is 2. The van der Waals surface area contributed by atoms with Crippen molar-refractivity contribution in [3.8, 4) is 17.0 Å². The minimum Gasteiger partial charge on any atom is -0.497 e. The lowest BCUT2D eigenvalue weighted by Gasteiger charge is -2.24. The van der Waals surface area contributed by atoms with Crippen molar-refractivity contribution in [2.75, 3.05) is 13.7 Å². The van der Waals surface area contributed by atoms with Crippen LogP contribution in [0.4, 0.5) is 0 Å². The second-order valence-electron chi connectivity index (χ2n) is 6.88. The lowest BCUT2D eigenvalue weighted by Crippen LogP contribution is -2.30. The zero-order valence-electron chi connectivity index (χ0n) is 15.5. The van der Waals surface area contributed by atoms with E-state index < -0.39 is 0 Å². The predicted molar refractivity (Wildman–Crippen MR) is 103 cm³/mol. The maximum Gasteiger partial charge on any atom is 0.292 e. The monoisotopic (exact) mass is 362 g/mol. The number of hydrogen-bond acceptors (Lipinski definition) is 4. The number of methoxy groups -OCH3 is 1. The second-order valence-corrected chi connectivity index (χ2v) is 6.88. The molecule has 0 bridgehead atoms. The van der Waals surface area contributed by atoms with Gasteiger partial charge in [-0.15, -0.1) is 0 Å². The number of amides is 1. The van der Waals surface area contributed by atoms with E-state index >= 15 is 0 Å². The van der Waals surface area contributed by atoms with E-state index in [0.29, 0.717) is 5.69 Å². The average Bonchev–Trinajstić information content (AvgIpc) is 3.38. The molecule has 1 aliphatic rings. The summed E-state index contributed by atoms with van der Waals surface area (Å²) in [6.07, 6.45) is 1.95. The van der Waals surface area contributed by atoms with Gasteiger partial charge in [0.25, 0.3) is 5.91 Å².